The molecule has 1 amide bonds. The van der Waals surface area contributed by atoms with Crippen molar-refractivity contribution in [2.75, 3.05) is 51.3 Å². The lowest BCUT2D eigenvalue weighted by Gasteiger charge is -2.38. The Morgan fingerprint density at radius 2 is 2.08 bits per heavy atom. The number of benzene rings is 2. The molecule has 11 nitrogen and oxygen atoms in total. The molecule has 13 heteroatoms. The Morgan fingerprint density at radius 3 is 2.88 bits per heavy atom. The maximum atomic E-state index is 15.1. The molecule has 210 valence electrons. The number of amides is 1. The number of halogens is 2. The van der Waals surface area contributed by atoms with Gasteiger partial charge in [0.25, 0.3) is 0 Å². The molecule has 1 atom stereocenters. The van der Waals surface area contributed by atoms with Gasteiger partial charge in [-0.05, 0) is 31.3 Å². The number of ether oxygens (including phenoxy) is 1. The van der Waals surface area contributed by atoms with Crippen molar-refractivity contribution in [3.8, 4) is 5.75 Å². The highest BCUT2D eigenvalue weighted by molar-refractivity contribution is 5.95. The highest BCUT2D eigenvalue weighted by Crippen LogP contribution is 2.39. The van der Waals surface area contributed by atoms with Crippen molar-refractivity contribution >= 4 is 34.0 Å². The molecule has 0 saturated carbocycles. The van der Waals surface area contributed by atoms with Gasteiger partial charge in [0.2, 0.25) is 5.91 Å². The summed E-state index contributed by atoms with van der Waals surface area (Å²) in [5.41, 5.74) is 6.08. The maximum absolute atomic E-state index is 15.1. The Morgan fingerprint density at radius 1 is 1.23 bits per heavy atom. The zero-order chi connectivity index (χ0) is 28.2. The molecule has 0 bridgehead atoms. The van der Waals surface area contributed by atoms with Gasteiger partial charge in [-0.2, -0.15) is 5.10 Å². The summed E-state index contributed by atoms with van der Waals surface area (Å²) in [6, 6.07) is 9.25. The van der Waals surface area contributed by atoms with E-state index in [0.717, 1.165) is 25.7 Å². The van der Waals surface area contributed by atoms with Crippen molar-refractivity contribution in [3.63, 3.8) is 0 Å². The summed E-state index contributed by atoms with van der Waals surface area (Å²) < 4.78 is 36.6. The van der Waals surface area contributed by atoms with Crippen LogP contribution in [-0.4, -0.2) is 93.0 Å². The van der Waals surface area contributed by atoms with Crippen LogP contribution in [0.25, 0.3) is 10.9 Å². The van der Waals surface area contributed by atoms with Gasteiger partial charge in [0.05, 0.1) is 29.7 Å². The number of anilines is 3. The van der Waals surface area contributed by atoms with Gasteiger partial charge in [-0.25, -0.2) is 18.7 Å². The summed E-state index contributed by atoms with van der Waals surface area (Å²) in [6.45, 7) is 3.64. The van der Waals surface area contributed by atoms with E-state index in [1.54, 1.807) is 18.2 Å². The highest BCUT2D eigenvalue weighted by atomic mass is 19.2. The largest absolute Gasteiger partial charge is 0.492 e. The van der Waals surface area contributed by atoms with E-state index in [9.17, 15) is 14.3 Å². The number of carbonyl (C=O) groups excluding carboxylic acids is 1. The first-order valence-electron chi connectivity index (χ1n) is 12.8. The van der Waals surface area contributed by atoms with Crippen LogP contribution >= 0.6 is 0 Å². The van der Waals surface area contributed by atoms with E-state index in [1.165, 1.54) is 40.4 Å². The fraction of sp³-hybridized carbons (Fsp3) is 0.333. The smallest absolute Gasteiger partial charge is 0.239 e. The van der Waals surface area contributed by atoms with Crippen molar-refractivity contribution in [2.45, 2.75) is 12.6 Å². The molecule has 3 N–H and O–H groups in total. The van der Waals surface area contributed by atoms with Gasteiger partial charge in [-0.15, -0.1) is 0 Å². The quantitative estimate of drug-likeness (QED) is 0.304. The Bertz CT molecular complexity index is 1500. The SMILES string of the molecule is CN1CCN(CCOc2ccc3c(N(c4cnn(CC(N)=O)c4)c4cccc(F)c4F)ncnc3c2)C[C@H]1CO. The summed E-state index contributed by atoms with van der Waals surface area (Å²) in [6.07, 6.45) is 4.25. The van der Waals surface area contributed by atoms with E-state index in [0.29, 0.717) is 35.5 Å². The van der Waals surface area contributed by atoms with Gasteiger partial charge in [0.1, 0.15) is 31.0 Å². The first kappa shape index (κ1) is 27.4. The Balaban J connectivity index is 1.42. The molecule has 1 fully saturated rings. The number of likely N-dealkylation sites (N-methyl/N-ethyl adjacent to an activating group) is 1. The molecule has 2 aromatic heterocycles. The van der Waals surface area contributed by atoms with Crippen LogP contribution in [-0.2, 0) is 11.3 Å². The van der Waals surface area contributed by atoms with E-state index in [4.69, 9.17) is 10.5 Å². The first-order valence-corrected chi connectivity index (χ1v) is 12.8. The predicted molar refractivity (Wildman–Crippen MR) is 145 cm³/mol. The number of aromatic nitrogens is 4. The average Bonchev–Trinajstić information content (AvgIpc) is 3.39. The summed E-state index contributed by atoms with van der Waals surface area (Å²) in [4.78, 5) is 26.0. The number of nitrogens with zero attached hydrogens (tertiary/aromatic N) is 7. The van der Waals surface area contributed by atoms with Crippen molar-refractivity contribution in [3.05, 3.63) is 66.8 Å². The number of carbonyl (C=O) groups is 1. The molecule has 2 aromatic carbocycles. The van der Waals surface area contributed by atoms with E-state index in [2.05, 4.69) is 24.9 Å². The molecule has 0 spiro atoms. The minimum Gasteiger partial charge on any atom is -0.492 e. The molecule has 1 aliphatic heterocycles. The molecule has 0 unspecified atom stereocenters. The molecule has 0 radical (unpaired) electrons. The third kappa shape index (κ3) is 5.86. The van der Waals surface area contributed by atoms with E-state index >= 15 is 4.39 Å². The van der Waals surface area contributed by atoms with Gasteiger partial charge >= 0.3 is 0 Å². The number of piperazine rings is 1. The van der Waals surface area contributed by atoms with Gasteiger partial charge in [-0.1, -0.05) is 6.07 Å². The molecule has 1 saturated heterocycles. The standard InChI is InChI=1S/C27H30F2N8O3/c1-34-7-8-35(13-19(34)16-38)9-10-40-20-5-6-21-23(11-20)31-17-32-27(21)37(24-4-2-3-22(28)26(24)29)18-12-33-36(14-18)15-25(30)39/h2-6,11-12,14,17,19,38H,7-10,13,15-16H2,1H3,(H2,30,39)/t19-/m0/s1. The monoisotopic (exact) mass is 552 g/mol. The van der Waals surface area contributed by atoms with Crippen LogP contribution < -0.4 is 15.4 Å². The van der Waals surface area contributed by atoms with E-state index in [1.807, 2.05) is 7.05 Å². The number of aliphatic hydroxyl groups is 1. The fourth-order valence-electron chi connectivity index (χ4n) is 4.75. The molecular formula is C27H30F2N8O3. The number of nitrogens with two attached hydrogens (primary N) is 1. The zero-order valence-corrected chi connectivity index (χ0v) is 22.0. The first-order chi connectivity index (χ1) is 19.3. The number of fused-ring (bicyclic) bond motifs is 1. The topological polar surface area (TPSA) is 126 Å². The third-order valence-electron chi connectivity index (χ3n) is 6.91. The van der Waals surface area contributed by atoms with Crippen LogP contribution in [0.2, 0.25) is 0 Å². The lowest BCUT2D eigenvalue weighted by atomic mass is 10.2. The normalized spacial score (nSPS) is 16.4. The lowest BCUT2D eigenvalue weighted by Crippen LogP contribution is -2.53. The van der Waals surface area contributed by atoms with Gasteiger partial charge < -0.3 is 15.6 Å². The molecule has 3 heterocycles. The van der Waals surface area contributed by atoms with Crippen molar-refractivity contribution in [2.24, 2.45) is 5.73 Å². The Kier molecular flexibility index (Phi) is 8.14. The predicted octanol–water partition coefficient (Wildman–Crippen LogP) is 2.05. The van der Waals surface area contributed by atoms with Crippen LogP contribution in [0.3, 0.4) is 0 Å². The fourth-order valence-corrected chi connectivity index (χ4v) is 4.75. The zero-order valence-electron chi connectivity index (χ0n) is 22.0. The molecule has 40 heavy (non-hydrogen) atoms. The second-order valence-corrected chi connectivity index (χ2v) is 9.61. The molecular weight excluding hydrogens is 522 g/mol. The van der Waals surface area contributed by atoms with Crippen molar-refractivity contribution < 1.29 is 23.4 Å². The number of aliphatic hydroxyl groups excluding tert-OH is 1. The summed E-state index contributed by atoms with van der Waals surface area (Å²) in [5, 5.41) is 14.3. The Hall–Kier alpha value is -4.20. The minimum atomic E-state index is -1.07. The van der Waals surface area contributed by atoms with E-state index < -0.39 is 17.5 Å². The number of rotatable bonds is 10. The summed E-state index contributed by atoms with van der Waals surface area (Å²) in [5.74, 6) is -1.80. The number of hydrogen-bond donors (Lipinski definition) is 2. The molecule has 1 aliphatic rings. The number of hydrogen-bond acceptors (Lipinski definition) is 9. The van der Waals surface area contributed by atoms with Crippen molar-refractivity contribution in [1.82, 2.24) is 29.5 Å². The van der Waals surface area contributed by atoms with Crippen LogP contribution in [0.4, 0.5) is 26.0 Å². The van der Waals surface area contributed by atoms with Crippen molar-refractivity contribution in [1.29, 1.82) is 0 Å². The molecule has 0 aliphatic carbocycles. The van der Waals surface area contributed by atoms with Gasteiger partial charge in [0, 0.05) is 49.9 Å². The Labute approximate surface area is 229 Å². The van der Waals surface area contributed by atoms with E-state index in [-0.39, 0.29) is 30.7 Å². The molecule has 4 aromatic rings. The highest BCUT2D eigenvalue weighted by Gasteiger charge is 2.25. The number of primary amides is 1. The minimum absolute atomic E-state index is 0.0905. The molecule has 5 rings (SSSR count). The lowest BCUT2D eigenvalue weighted by molar-refractivity contribution is -0.118. The second-order valence-electron chi connectivity index (χ2n) is 9.61. The van der Waals surface area contributed by atoms with Crippen LogP contribution in [0, 0.1) is 11.6 Å². The van der Waals surface area contributed by atoms with Crippen LogP contribution in [0.1, 0.15) is 0 Å². The second kappa shape index (κ2) is 11.9. The van der Waals surface area contributed by atoms with Gasteiger partial charge in [-0.3, -0.25) is 24.2 Å². The van der Waals surface area contributed by atoms with Gasteiger partial charge in [0.15, 0.2) is 11.6 Å². The van der Waals surface area contributed by atoms with Crippen LogP contribution in [0.15, 0.2) is 55.1 Å². The maximum Gasteiger partial charge on any atom is 0.239 e. The summed E-state index contributed by atoms with van der Waals surface area (Å²) in [7, 11) is 2.01. The van der Waals surface area contributed by atoms with Crippen LogP contribution in [0.5, 0.6) is 5.75 Å². The third-order valence-corrected chi connectivity index (χ3v) is 6.91. The summed E-state index contributed by atoms with van der Waals surface area (Å²) >= 11 is 0. The average molecular weight is 553 g/mol.